The molecule has 4 nitrogen and oxygen atoms in total. The summed E-state index contributed by atoms with van der Waals surface area (Å²) in [6, 6.07) is -0.664. The van der Waals surface area contributed by atoms with Crippen molar-refractivity contribution in [3.8, 4) is 0 Å². The highest BCUT2D eigenvalue weighted by atomic mass is 79.9. The topological polar surface area (TPSA) is 39.4 Å². The van der Waals surface area contributed by atoms with Crippen molar-refractivity contribution in [3.63, 3.8) is 0 Å². The molecule has 1 unspecified atom stereocenters. The van der Waals surface area contributed by atoms with E-state index >= 15 is 0 Å². The normalized spacial score (nSPS) is 20.3. The molecule has 0 fully saturated rings. The van der Waals surface area contributed by atoms with Gasteiger partial charge in [0.1, 0.15) is 5.57 Å². The Balaban J connectivity index is 2.60. The molecule has 1 atom stereocenters. The van der Waals surface area contributed by atoms with Crippen LogP contribution in [0.3, 0.4) is 0 Å². The summed E-state index contributed by atoms with van der Waals surface area (Å²) in [5.74, 6) is -0.406. The van der Waals surface area contributed by atoms with Gasteiger partial charge in [0.2, 0.25) is 5.90 Å². The van der Waals surface area contributed by atoms with E-state index in [2.05, 4.69) is 26.0 Å². The molecular formula is C10H9BrF3N3O. The van der Waals surface area contributed by atoms with Gasteiger partial charge in [-0.3, -0.25) is 0 Å². The van der Waals surface area contributed by atoms with E-state index in [1.807, 2.05) is 0 Å². The minimum atomic E-state index is -4.53. The van der Waals surface area contributed by atoms with Gasteiger partial charge in [0, 0.05) is 6.20 Å². The fourth-order valence-electron chi connectivity index (χ4n) is 1.78. The number of ether oxygens (including phenoxy) is 1. The lowest BCUT2D eigenvalue weighted by molar-refractivity contribution is -0.0870. The maximum atomic E-state index is 13.0. The second kappa shape index (κ2) is 4.42. The Morgan fingerprint density at radius 2 is 2.11 bits per heavy atom. The highest BCUT2D eigenvalue weighted by Gasteiger charge is 2.46. The quantitative estimate of drug-likeness (QED) is 0.797. The molecule has 2 heterocycles. The first-order valence-electron chi connectivity index (χ1n) is 4.98. The van der Waals surface area contributed by atoms with E-state index in [1.165, 1.54) is 19.5 Å². The summed E-state index contributed by atoms with van der Waals surface area (Å²) >= 11 is 3.15. The number of methoxy groups -OCH3 is 1. The van der Waals surface area contributed by atoms with Crippen molar-refractivity contribution in [2.45, 2.75) is 19.1 Å². The molecule has 8 heteroatoms. The second-order valence-corrected chi connectivity index (χ2v) is 4.59. The lowest BCUT2D eigenvalue weighted by atomic mass is 10.1. The van der Waals surface area contributed by atoms with Crippen LogP contribution in [-0.2, 0) is 4.74 Å². The minimum absolute atomic E-state index is 0.0370. The largest absolute Gasteiger partial charge is 0.481 e. The van der Waals surface area contributed by atoms with E-state index in [1.54, 1.807) is 6.92 Å². The average Bonchev–Trinajstić information content (AvgIpc) is 2.80. The van der Waals surface area contributed by atoms with Crippen LogP contribution in [0.15, 0.2) is 27.4 Å². The van der Waals surface area contributed by atoms with Gasteiger partial charge in [-0.15, -0.1) is 0 Å². The van der Waals surface area contributed by atoms with Crippen LogP contribution in [0.5, 0.6) is 0 Å². The maximum Gasteiger partial charge on any atom is 0.423 e. The van der Waals surface area contributed by atoms with Gasteiger partial charge in [-0.1, -0.05) is 0 Å². The first kappa shape index (κ1) is 13.1. The SMILES string of the molecule is COC1=NC(C)C(n2cc(Br)cn2)=C1C(F)(F)F. The summed E-state index contributed by atoms with van der Waals surface area (Å²) in [4.78, 5) is 3.85. The third-order valence-electron chi connectivity index (χ3n) is 2.45. The van der Waals surface area contributed by atoms with Crippen LogP contribution >= 0.6 is 15.9 Å². The number of hydrogen-bond donors (Lipinski definition) is 0. The molecule has 98 valence electrons. The standard InChI is InChI=1S/C10H9BrF3N3O/c1-5-8(17-4-6(11)3-15-17)7(10(12,13)14)9(16-5)18-2/h3-5H,1-2H3. The predicted molar refractivity (Wildman–Crippen MR) is 63.1 cm³/mol. The molecule has 1 aromatic heterocycles. The van der Waals surface area contributed by atoms with Gasteiger partial charge in [0.25, 0.3) is 0 Å². The number of alkyl halides is 3. The molecule has 1 aliphatic heterocycles. The summed E-state index contributed by atoms with van der Waals surface area (Å²) in [5, 5.41) is 3.86. The molecule has 1 aromatic rings. The van der Waals surface area contributed by atoms with Gasteiger partial charge in [0.15, 0.2) is 0 Å². The Bertz CT molecular complexity index is 533. The van der Waals surface area contributed by atoms with Gasteiger partial charge in [-0.05, 0) is 22.9 Å². The lowest BCUT2D eigenvalue weighted by Crippen LogP contribution is -2.22. The number of aromatic nitrogens is 2. The van der Waals surface area contributed by atoms with Crippen LogP contribution in [-0.4, -0.2) is 35.0 Å². The summed E-state index contributed by atoms with van der Waals surface area (Å²) < 4.78 is 45.6. The van der Waals surface area contributed by atoms with Crippen LogP contribution in [0.25, 0.3) is 5.70 Å². The molecule has 0 spiro atoms. The number of halogens is 4. The molecule has 0 aliphatic carbocycles. The summed E-state index contributed by atoms with van der Waals surface area (Å²) in [7, 11) is 1.17. The van der Waals surface area contributed by atoms with Crippen molar-refractivity contribution >= 4 is 27.5 Å². The Morgan fingerprint density at radius 3 is 2.56 bits per heavy atom. The third-order valence-corrected chi connectivity index (χ3v) is 2.86. The molecule has 0 N–H and O–H groups in total. The van der Waals surface area contributed by atoms with E-state index in [-0.39, 0.29) is 5.70 Å². The van der Waals surface area contributed by atoms with Crippen LogP contribution in [0.2, 0.25) is 0 Å². The summed E-state index contributed by atoms with van der Waals surface area (Å²) in [6.45, 7) is 1.56. The van der Waals surface area contributed by atoms with Gasteiger partial charge < -0.3 is 4.74 Å². The fourth-order valence-corrected chi connectivity index (χ4v) is 2.07. The number of hydrogen-bond acceptors (Lipinski definition) is 3. The van der Waals surface area contributed by atoms with E-state index in [9.17, 15) is 13.2 Å². The van der Waals surface area contributed by atoms with Crippen molar-refractivity contribution in [2.24, 2.45) is 4.99 Å². The highest BCUT2D eigenvalue weighted by molar-refractivity contribution is 9.10. The van der Waals surface area contributed by atoms with Crippen LogP contribution < -0.4 is 0 Å². The molecule has 2 rings (SSSR count). The number of rotatable bonds is 1. The molecule has 0 saturated heterocycles. The summed E-state index contributed by atoms with van der Waals surface area (Å²) in [5.41, 5.74) is -0.918. The van der Waals surface area contributed by atoms with Crippen molar-refractivity contribution in [1.82, 2.24) is 9.78 Å². The Morgan fingerprint density at radius 1 is 1.44 bits per heavy atom. The Labute approximate surface area is 109 Å². The molecule has 0 amide bonds. The predicted octanol–water partition coefficient (Wildman–Crippen LogP) is 2.87. The highest BCUT2D eigenvalue weighted by Crippen LogP contribution is 2.37. The van der Waals surface area contributed by atoms with Gasteiger partial charge >= 0.3 is 6.18 Å². The lowest BCUT2D eigenvalue weighted by Gasteiger charge is -2.13. The Hall–Kier alpha value is -1.31. The first-order chi connectivity index (χ1) is 8.34. The number of nitrogens with zero attached hydrogens (tertiary/aromatic N) is 3. The molecular weight excluding hydrogens is 315 g/mol. The zero-order valence-corrected chi connectivity index (χ0v) is 11.1. The number of aliphatic imine (C=N–C) groups is 1. The van der Waals surface area contributed by atoms with Crippen molar-refractivity contribution in [3.05, 3.63) is 22.4 Å². The second-order valence-electron chi connectivity index (χ2n) is 3.68. The smallest absolute Gasteiger partial charge is 0.423 e. The van der Waals surface area contributed by atoms with Gasteiger partial charge in [0.05, 0.1) is 29.5 Å². The zero-order valence-electron chi connectivity index (χ0n) is 9.49. The van der Waals surface area contributed by atoms with Crippen LogP contribution in [0.1, 0.15) is 6.92 Å². The molecule has 0 radical (unpaired) electrons. The van der Waals surface area contributed by atoms with Crippen LogP contribution in [0.4, 0.5) is 13.2 Å². The summed E-state index contributed by atoms with van der Waals surface area (Å²) in [6.07, 6.45) is -1.67. The van der Waals surface area contributed by atoms with Gasteiger partial charge in [-0.25, -0.2) is 9.67 Å². The average molecular weight is 324 g/mol. The zero-order chi connectivity index (χ0) is 13.5. The first-order valence-corrected chi connectivity index (χ1v) is 5.78. The van der Waals surface area contributed by atoms with Crippen molar-refractivity contribution in [1.29, 1.82) is 0 Å². The monoisotopic (exact) mass is 323 g/mol. The maximum absolute atomic E-state index is 13.0. The van der Waals surface area contributed by atoms with Crippen molar-refractivity contribution < 1.29 is 17.9 Å². The van der Waals surface area contributed by atoms with Crippen LogP contribution in [0, 0.1) is 0 Å². The van der Waals surface area contributed by atoms with E-state index in [4.69, 9.17) is 4.74 Å². The Kier molecular flexibility index (Phi) is 3.22. The third kappa shape index (κ3) is 2.16. The molecule has 0 saturated carbocycles. The van der Waals surface area contributed by atoms with Crippen molar-refractivity contribution in [2.75, 3.05) is 7.11 Å². The van der Waals surface area contributed by atoms with E-state index in [0.29, 0.717) is 4.47 Å². The van der Waals surface area contributed by atoms with E-state index in [0.717, 1.165) is 4.68 Å². The van der Waals surface area contributed by atoms with Gasteiger partial charge in [-0.2, -0.15) is 18.3 Å². The van der Waals surface area contributed by atoms with E-state index < -0.39 is 23.7 Å². The molecule has 18 heavy (non-hydrogen) atoms. The molecule has 0 aromatic carbocycles. The minimum Gasteiger partial charge on any atom is -0.481 e. The molecule has 1 aliphatic rings. The fraction of sp³-hybridized carbons (Fsp3) is 0.400. The molecule has 0 bridgehead atoms.